The van der Waals surface area contributed by atoms with Crippen LogP contribution in [0.4, 0.5) is 5.69 Å². The van der Waals surface area contributed by atoms with Crippen molar-refractivity contribution in [3.63, 3.8) is 0 Å². The number of benzene rings is 1. The lowest BCUT2D eigenvalue weighted by Crippen LogP contribution is -2.48. The molecule has 1 aliphatic heterocycles. The maximum atomic E-state index is 12.1. The molecule has 1 fully saturated rings. The zero-order valence-electron chi connectivity index (χ0n) is 11.9. The topological polar surface area (TPSA) is 50.4 Å². The SMILES string of the molecule is CCOC1CC(NC(=O)CC2CNc3ccccc32)C1. The summed E-state index contributed by atoms with van der Waals surface area (Å²) in [5.41, 5.74) is 2.44. The highest BCUT2D eigenvalue weighted by molar-refractivity contribution is 5.78. The van der Waals surface area contributed by atoms with E-state index in [4.69, 9.17) is 4.74 Å². The molecular formula is C16H22N2O2. The molecule has 2 aliphatic rings. The summed E-state index contributed by atoms with van der Waals surface area (Å²) in [5.74, 6) is 0.461. The van der Waals surface area contributed by atoms with Gasteiger partial charge in [-0.15, -0.1) is 0 Å². The van der Waals surface area contributed by atoms with Crippen molar-refractivity contribution in [3.05, 3.63) is 29.8 Å². The Kier molecular flexibility index (Phi) is 3.92. The molecule has 108 valence electrons. The van der Waals surface area contributed by atoms with E-state index in [9.17, 15) is 4.79 Å². The first-order chi connectivity index (χ1) is 9.76. The fraction of sp³-hybridized carbons (Fsp3) is 0.562. The van der Waals surface area contributed by atoms with Crippen LogP contribution in [-0.2, 0) is 9.53 Å². The van der Waals surface area contributed by atoms with Crippen LogP contribution in [0, 0.1) is 0 Å². The lowest BCUT2D eigenvalue weighted by molar-refractivity contribution is -0.124. The molecular weight excluding hydrogens is 252 g/mol. The molecule has 1 aromatic rings. The Balaban J connectivity index is 1.47. The van der Waals surface area contributed by atoms with Crippen molar-refractivity contribution < 1.29 is 9.53 Å². The van der Waals surface area contributed by atoms with Crippen LogP contribution in [0.15, 0.2) is 24.3 Å². The molecule has 1 saturated carbocycles. The third kappa shape index (κ3) is 2.80. The van der Waals surface area contributed by atoms with Crippen LogP contribution < -0.4 is 10.6 Å². The summed E-state index contributed by atoms with van der Waals surface area (Å²) < 4.78 is 5.51. The quantitative estimate of drug-likeness (QED) is 0.866. The summed E-state index contributed by atoms with van der Waals surface area (Å²) in [5, 5.41) is 6.48. The fourth-order valence-electron chi connectivity index (χ4n) is 3.10. The number of carbonyl (C=O) groups excluding carboxylic acids is 1. The molecule has 1 heterocycles. The normalized spacial score (nSPS) is 27.4. The highest BCUT2D eigenvalue weighted by Gasteiger charge is 2.31. The first kappa shape index (κ1) is 13.4. The van der Waals surface area contributed by atoms with Crippen LogP contribution in [0.5, 0.6) is 0 Å². The van der Waals surface area contributed by atoms with Gasteiger partial charge in [-0.1, -0.05) is 18.2 Å². The summed E-state index contributed by atoms with van der Waals surface area (Å²) in [4.78, 5) is 12.1. The van der Waals surface area contributed by atoms with Crippen LogP contribution in [0.3, 0.4) is 0 Å². The van der Waals surface area contributed by atoms with E-state index < -0.39 is 0 Å². The molecule has 1 amide bonds. The lowest BCUT2D eigenvalue weighted by Gasteiger charge is -2.35. The molecule has 2 N–H and O–H groups in total. The highest BCUT2D eigenvalue weighted by Crippen LogP contribution is 2.33. The van der Waals surface area contributed by atoms with E-state index in [0.29, 0.717) is 24.5 Å². The molecule has 1 aromatic carbocycles. The number of nitrogens with one attached hydrogen (secondary N) is 2. The van der Waals surface area contributed by atoms with E-state index >= 15 is 0 Å². The first-order valence-electron chi connectivity index (χ1n) is 7.50. The number of anilines is 1. The van der Waals surface area contributed by atoms with Gasteiger partial charge in [-0.25, -0.2) is 0 Å². The van der Waals surface area contributed by atoms with E-state index in [2.05, 4.69) is 22.8 Å². The number of ether oxygens (including phenoxy) is 1. The predicted molar refractivity (Wildman–Crippen MR) is 78.9 cm³/mol. The number of rotatable bonds is 5. The Morgan fingerprint density at radius 1 is 1.40 bits per heavy atom. The van der Waals surface area contributed by atoms with Gasteiger partial charge in [0, 0.05) is 37.2 Å². The van der Waals surface area contributed by atoms with Gasteiger partial charge in [0.1, 0.15) is 0 Å². The van der Waals surface area contributed by atoms with Crippen LogP contribution in [-0.4, -0.2) is 31.2 Å². The van der Waals surface area contributed by atoms with Gasteiger partial charge in [-0.3, -0.25) is 4.79 Å². The number of carbonyl (C=O) groups is 1. The van der Waals surface area contributed by atoms with Crippen molar-refractivity contribution in [1.82, 2.24) is 5.32 Å². The first-order valence-corrected chi connectivity index (χ1v) is 7.50. The summed E-state index contributed by atoms with van der Waals surface area (Å²) in [6, 6.07) is 8.56. The molecule has 4 heteroatoms. The van der Waals surface area contributed by atoms with Gasteiger partial charge in [-0.2, -0.15) is 0 Å². The molecule has 1 unspecified atom stereocenters. The Bertz CT molecular complexity index is 483. The second kappa shape index (κ2) is 5.83. The van der Waals surface area contributed by atoms with Gasteiger partial charge in [0.15, 0.2) is 0 Å². The Hall–Kier alpha value is -1.55. The van der Waals surface area contributed by atoms with E-state index in [-0.39, 0.29) is 5.91 Å². The van der Waals surface area contributed by atoms with Crippen molar-refractivity contribution in [2.24, 2.45) is 0 Å². The molecule has 4 nitrogen and oxygen atoms in total. The van der Waals surface area contributed by atoms with Crippen LogP contribution in [0.2, 0.25) is 0 Å². The van der Waals surface area contributed by atoms with Gasteiger partial charge in [0.2, 0.25) is 5.91 Å². The van der Waals surface area contributed by atoms with Crippen molar-refractivity contribution in [3.8, 4) is 0 Å². The van der Waals surface area contributed by atoms with E-state index in [1.807, 2.05) is 19.1 Å². The van der Waals surface area contributed by atoms with Gasteiger partial charge < -0.3 is 15.4 Å². The third-order valence-corrected chi connectivity index (χ3v) is 4.23. The second-order valence-corrected chi connectivity index (χ2v) is 5.68. The van der Waals surface area contributed by atoms with E-state index in [1.54, 1.807) is 0 Å². The van der Waals surface area contributed by atoms with Crippen molar-refractivity contribution >= 4 is 11.6 Å². The van der Waals surface area contributed by atoms with E-state index in [0.717, 1.165) is 26.0 Å². The van der Waals surface area contributed by atoms with Crippen molar-refractivity contribution in [2.75, 3.05) is 18.5 Å². The minimum Gasteiger partial charge on any atom is -0.384 e. The molecule has 0 saturated heterocycles. The van der Waals surface area contributed by atoms with Gasteiger partial charge in [0.05, 0.1) is 6.10 Å². The second-order valence-electron chi connectivity index (χ2n) is 5.68. The Morgan fingerprint density at radius 3 is 3.00 bits per heavy atom. The van der Waals surface area contributed by atoms with Crippen molar-refractivity contribution in [2.45, 2.75) is 44.2 Å². The molecule has 20 heavy (non-hydrogen) atoms. The minimum atomic E-state index is 0.161. The van der Waals surface area contributed by atoms with Gasteiger partial charge >= 0.3 is 0 Å². The zero-order chi connectivity index (χ0) is 13.9. The standard InChI is InChI=1S/C16H22N2O2/c1-2-20-13-8-12(9-13)18-16(19)7-11-10-17-15-6-4-3-5-14(11)15/h3-6,11-13,17H,2,7-10H2,1H3,(H,18,19). The summed E-state index contributed by atoms with van der Waals surface area (Å²) in [6.45, 7) is 3.63. The van der Waals surface area contributed by atoms with E-state index in [1.165, 1.54) is 11.3 Å². The van der Waals surface area contributed by atoms with Crippen molar-refractivity contribution in [1.29, 1.82) is 0 Å². The Morgan fingerprint density at radius 2 is 2.20 bits per heavy atom. The number of fused-ring (bicyclic) bond motifs is 1. The predicted octanol–water partition coefficient (Wildman–Crippen LogP) is 2.27. The molecule has 0 bridgehead atoms. The molecule has 0 aromatic heterocycles. The largest absolute Gasteiger partial charge is 0.384 e. The molecule has 0 radical (unpaired) electrons. The molecule has 1 atom stereocenters. The third-order valence-electron chi connectivity index (χ3n) is 4.23. The average molecular weight is 274 g/mol. The van der Waals surface area contributed by atoms with Crippen LogP contribution in [0.25, 0.3) is 0 Å². The van der Waals surface area contributed by atoms with Gasteiger partial charge in [-0.05, 0) is 31.4 Å². The summed E-state index contributed by atoms with van der Waals surface area (Å²) in [6.07, 6.45) is 2.83. The average Bonchev–Trinajstić information content (AvgIpc) is 2.80. The zero-order valence-corrected chi connectivity index (χ0v) is 11.9. The smallest absolute Gasteiger partial charge is 0.220 e. The summed E-state index contributed by atoms with van der Waals surface area (Å²) >= 11 is 0. The van der Waals surface area contributed by atoms with Crippen LogP contribution >= 0.6 is 0 Å². The maximum Gasteiger partial charge on any atom is 0.220 e. The van der Waals surface area contributed by atoms with Gasteiger partial charge in [0.25, 0.3) is 0 Å². The molecule has 3 rings (SSSR count). The maximum absolute atomic E-state index is 12.1. The Labute approximate surface area is 119 Å². The molecule has 1 aliphatic carbocycles. The number of amides is 1. The highest BCUT2D eigenvalue weighted by atomic mass is 16.5. The minimum absolute atomic E-state index is 0.161. The molecule has 0 spiro atoms. The number of hydrogen-bond acceptors (Lipinski definition) is 3. The fourth-order valence-corrected chi connectivity index (χ4v) is 3.10. The number of hydrogen-bond donors (Lipinski definition) is 2. The number of para-hydroxylation sites is 1. The summed E-state index contributed by atoms with van der Waals surface area (Å²) in [7, 11) is 0. The van der Waals surface area contributed by atoms with Crippen LogP contribution in [0.1, 0.15) is 37.7 Å². The monoisotopic (exact) mass is 274 g/mol. The lowest BCUT2D eigenvalue weighted by atomic mass is 9.88.